The number of benzene rings is 1. The molecule has 0 aliphatic carbocycles. The monoisotopic (exact) mass is 235 g/mol. The van der Waals surface area contributed by atoms with Crippen molar-refractivity contribution in [2.45, 2.75) is 17.6 Å². The quantitative estimate of drug-likeness (QED) is 0.808. The molecule has 0 spiro atoms. The Morgan fingerprint density at radius 3 is 2.88 bits per heavy atom. The lowest BCUT2D eigenvalue weighted by Gasteiger charge is -2.02. The highest BCUT2D eigenvalue weighted by atomic mass is 32.2. The van der Waals surface area contributed by atoms with Gasteiger partial charge in [0.05, 0.1) is 16.6 Å². The lowest BCUT2D eigenvalue weighted by atomic mass is 10.2. The van der Waals surface area contributed by atoms with Gasteiger partial charge in [0.1, 0.15) is 12.2 Å². The van der Waals surface area contributed by atoms with E-state index in [0.717, 1.165) is 16.3 Å². The molecule has 0 aliphatic rings. The molecule has 2 rings (SSSR count). The van der Waals surface area contributed by atoms with E-state index in [0.29, 0.717) is 5.75 Å². The van der Waals surface area contributed by atoms with Gasteiger partial charge in [-0.2, -0.15) is 0 Å². The molecule has 0 saturated carbocycles. The first-order valence-electron chi connectivity index (χ1n) is 4.95. The van der Waals surface area contributed by atoms with E-state index in [1.165, 1.54) is 0 Å². The van der Waals surface area contributed by atoms with Gasteiger partial charge in [-0.3, -0.25) is 4.21 Å². The third kappa shape index (κ3) is 2.36. The first-order valence-corrected chi connectivity index (χ1v) is 6.26. The zero-order chi connectivity index (χ0) is 11.5. The molecule has 1 atom stereocenters. The molecule has 2 aromatic rings. The first-order chi connectivity index (χ1) is 7.66. The molecule has 1 heterocycles. The van der Waals surface area contributed by atoms with Crippen molar-refractivity contribution >= 4 is 10.8 Å². The summed E-state index contributed by atoms with van der Waals surface area (Å²) in [5, 5.41) is 7.69. The van der Waals surface area contributed by atoms with Crippen LogP contribution in [-0.4, -0.2) is 19.0 Å². The number of rotatable bonds is 3. The fourth-order valence-electron chi connectivity index (χ4n) is 1.40. The van der Waals surface area contributed by atoms with Crippen LogP contribution in [0.2, 0.25) is 0 Å². The third-order valence-electron chi connectivity index (χ3n) is 2.32. The molecular weight excluding hydrogens is 222 g/mol. The largest absolute Gasteiger partial charge is 0.320 e. The Hall–Kier alpha value is -1.49. The Morgan fingerprint density at radius 2 is 2.25 bits per heavy atom. The average Bonchev–Trinajstić information content (AvgIpc) is 2.64. The molecule has 0 saturated heterocycles. The van der Waals surface area contributed by atoms with Gasteiger partial charge in [0.2, 0.25) is 0 Å². The van der Waals surface area contributed by atoms with E-state index in [-0.39, 0.29) is 0 Å². The van der Waals surface area contributed by atoms with Crippen LogP contribution in [0.3, 0.4) is 0 Å². The Balaban J connectivity index is 2.18. The third-order valence-corrected chi connectivity index (χ3v) is 3.62. The molecule has 84 valence electrons. The SMILES string of the molecule is Cc1cccc(S(=O)Cc2nncn2C)c1. The van der Waals surface area contributed by atoms with Crippen LogP contribution in [0, 0.1) is 6.92 Å². The maximum Gasteiger partial charge on any atom is 0.145 e. The molecule has 0 N–H and O–H groups in total. The Bertz CT molecular complexity index is 521. The summed E-state index contributed by atoms with van der Waals surface area (Å²) in [4.78, 5) is 0.836. The van der Waals surface area contributed by atoms with Crippen LogP contribution in [0.15, 0.2) is 35.5 Å². The van der Waals surface area contributed by atoms with Crippen molar-refractivity contribution in [2.24, 2.45) is 7.05 Å². The van der Waals surface area contributed by atoms with E-state index in [9.17, 15) is 4.21 Å². The second-order valence-corrected chi connectivity index (χ2v) is 5.12. The standard InChI is InChI=1S/C11H13N3OS/c1-9-4-3-5-10(6-9)16(15)7-11-13-12-8-14(11)2/h3-6,8H,7H2,1-2H3. The minimum absolute atomic E-state index is 0.403. The van der Waals surface area contributed by atoms with Crippen molar-refractivity contribution in [3.8, 4) is 0 Å². The Morgan fingerprint density at radius 1 is 1.44 bits per heavy atom. The van der Waals surface area contributed by atoms with Crippen LogP contribution in [-0.2, 0) is 23.6 Å². The lowest BCUT2D eigenvalue weighted by molar-refractivity contribution is 0.679. The fraction of sp³-hybridized carbons (Fsp3) is 0.273. The molecule has 16 heavy (non-hydrogen) atoms. The predicted octanol–water partition coefficient (Wildman–Crippen LogP) is 1.43. The summed E-state index contributed by atoms with van der Waals surface area (Å²) in [5.74, 6) is 1.14. The molecule has 1 unspecified atom stereocenters. The summed E-state index contributed by atoms with van der Waals surface area (Å²) < 4.78 is 13.8. The maximum absolute atomic E-state index is 12.0. The van der Waals surface area contributed by atoms with Gasteiger partial charge in [0, 0.05) is 11.9 Å². The zero-order valence-electron chi connectivity index (χ0n) is 9.25. The van der Waals surface area contributed by atoms with Crippen LogP contribution in [0.25, 0.3) is 0 Å². The van der Waals surface area contributed by atoms with E-state index in [4.69, 9.17) is 0 Å². The molecule has 0 amide bonds. The van der Waals surface area contributed by atoms with Crippen molar-refractivity contribution in [1.82, 2.24) is 14.8 Å². The summed E-state index contributed by atoms with van der Waals surface area (Å²) in [6, 6.07) is 7.72. The summed E-state index contributed by atoms with van der Waals surface area (Å²) in [6.45, 7) is 1.99. The smallest absolute Gasteiger partial charge is 0.145 e. The van der Waals surface area contributed by atoms with Crippen LogP contribution < -0.4 is 0 Å². The molecule has 0 fully saturated rings. The van der Waals surface area contributed by atoms with Crippen molar-refractivity contribution < 1.29 is 4.21 Å². The highest BCUT2D eigenvalue weighted by Crippen LogP contribution is 2.12. The maximum atomic E-state index is 12.0. The van der Waals surface area contributed by atoms with Gasteiger partial charge in [-0.05, 0) is 24.6 Å². The zero-order valence-corrected chi connectivity index (χ0v) is 10.1. The summed E-state index contributed by atoms with van der Waals surface area (Å²) >= 11 is 0. The second-order valence-electron chi connectivity index (χ2n) is 3.66. The highest BCUT2D eigenvalue weighted by molar-refractivity contribution is 7.84. The van der Waals surface area contributed by atoms with Crippen LogP contribution in [0.5, 0.6) is 0 Å². The van der Waals surface area contributed by atoms with E-state index in [2.05, 4.69) is 10.2 Å². The molecule has 1 aromatic heterocycles. The molecule has 1 aromatic carbocycles. The topological polar surface area (TPSA) is 47.8 Å². The number of aryl methyl sites for hydroxylation is 2. The van der Waals surface area contributed by atoms with E-state index >= 15 is 0 Å². The molecule has 0 aliphatic heterocycles. The number of aromatic nitrogens is 3. The highest BCUT2D eigenvalue weighted by Gasteiger charge is 2.09. The van der Waals surface area contributed by atoms with E-state index in [1.54, 1.807) is 10.9 Å². The summed E-state index contributed by atoms with van der Waals surface area (Å²) in [7, 11) is 0.793. The Labute approximate surface area is 96.8 Å². The van der Waals surface area contributed by atoms with Gasteiger partial charge in [-0.15, -0.1) is 10.2 Å². The van der Waals surface area contributed by atoms with E-state index < -0.39 is 10.8 Å². The molecular formula is C11H13N3OS. The van der Waals surface area contributed by atoms with Crippen LogP contribution in [0.1, 0.15) is 11.4 Å². The van der Waals surface area contributed by atoms with Gasteiger partial charge in [0.25, 0.3) is 0 Å². The first kappa shape index (κ1) is 11.0. The van der Waals surface area contributed by atoms with Crippen molar-refractivity contribution in [3.63, 3.8) is 0 Å². The van der Waals surface area contributed by atoms with Gasteiger partial charge in [-0.1, -0.05) is 12.1 Å². The van der Waals surface area contributed by atoms with Gasteiger partial charge >= 0.3 is 0 Å². The van der Waals surface area contributed by atoms with Crippen molar-refractivity contribution in [2.75, 3.05) is 0 Å². The minimum atomic E-state index is -1.06. The van der Waals surface area contributed by atoms with Gasteiger partial charge in [-0.25, -0.2) is 0 Å². The molecule has 5 heteroatoms. The van der Waals surface area contributed by atoms with Crippen molar-refractivity contribution in [1.29, 1.82) is 0 Å². The number of hydrogen-bond acceptors (Lipinski definition) is 3. The molecule has 0 bridgehead atoms. The second kappa shape index (κ2) is 4.57. The molecule has 0 radical (unpaired) electrons. The minimum Gasteiger partial charge on any atom is -0.320 e. The van der Waals surface area contributed by atoms with Gasteiger partial charge in [0.15, 0.2) is 0 Å². The lowest BCUT2D eigenvalue weighted by Crippen LogP contribution is -2.03. The normalized spacial score (nSPS) is 12.6. The predicted molar refractivity (Wildman–Crippen MR) is 62.3 cm³/mol. The summed E-state index contributed by atoms with van der Waals surface area (Å²) in [5.41, 5.74) is 1.11. The fourth-order valence-corrected chi connectivity index (χ4v) is 2.61. The Kier molecular flexibility index (Phi) is 3.14. The van der Waals surface area contributed by atoms with Crippen molar-refractivity contribution in [3.05, 3.63) is 42.0 Å². The van der Waals surface area contributed by atoms with Gasteiger partial charge < -0.3 is 4.57 Å². The molecule has 4 nitrogen and oxygen atoms in total. The summed E-state index contributed by atoms with van der Waals surface area (Å²) in [6.07, 6.45) is 1.61. The van der Waals surface area contributed by atoms with E-state index in [1.807, 2.05) is 38.2 Å². The average molecular weight is 235 g/mol. The number of nitrogens with zero attached hydrogens (tertiary/aromatic N) is 3. The van der Waals surface area contributed by atoms with Crippen LogP contribution in [0.4, 0.5) is 0 Å². The van der Waals surface area contributed by atoms with Crippen LogP contribution >= 0.6 is 0 Å². The number of hydrogen-bond donors (Lipinski definition) is 0.